The number of hydrogen-bond donors (Lipinski definition) is 3. The first-order valence-corrected chi connectivity index (χ1v) is 7.28. The van der Waals surface area contributed by atoms with Crippen molar-refractivity contribution in [3.8, 4) is 0 Å². The Kier molecular flexibility index (Phi) is 7.88. The Labute approximate surface area is 126 Å². The van der Waals surface area contributed by atoms with Crippen molar-refractivity contribution in [2.75, 3.05) is 17.6 Å². The monoisotopic (exact) mass is 290 g/mol. The molecule has 2 N–H and O–H groups in total. The lowest BCUT2D eigenvalue weighted by Crippen LogP contribution is -2.25. The van der Waals surface area contributed by atoms with Gasteiger partial charge in [0.05, 0.1) is 5.75 Å². The number of benzene rings is 1. The number of rotatable bonds is 8. The molecule has 0 saturated heterocycles. The van der Waals surface area contributed by atoms with Crippen molar-refractivity contribution in [2.45, 2.75) is 25.7 Å². The summed E-state index contributed by atoms with van der Waals surface area (Å²) in [5.41, 5.74) is 1.22. The summed E-state index contributed by atoms with van der Waals surface area (Å²) < 4.78 is 0. The Morgan fingerprint density at radius 3 is 2.55 bits per heavy atom. The Hall–Kier alpha value is -1.43. The summed E-state index contributed by atoms with van der Waals surface area (Å²) in [6, 6.07) is 7.18. The highest BCUT2D eigenvalue weighted by Gasteiger charge is 2.03. The van der Waals surface area contributed by atoms with Crippen molar-refractivity contribution in [2.24, 2.45) is 0 Å². The second-order valence-corrected chi connectivity index (χ2v) is 4.77. The zero-order valence-corrected chi connectivity index (χ0v) is 12.3. The van der Waals surface area contributed by atoms with Crippen LogP contribution in [0.25, 0.3) is 0 Å². The van der Waals surface area contributed by atoms with E-state index in [1.54, 1.807) is 12.1 Å². The molecule has 0 fully saturated rings. The van der Waals surface area contributed by atoms with Crippen LogP contribution in [0.2, 0.25) is 0 Å². The molecule has 4 nitrogen and oxygen atoms in total. The predicted molar refractivity (Wildman–Crippen MR) is 85.8 cm³/mol. The molecule has 0 atom stereocenters. The van der Waals surface area contributed by atoms with Gasteiger partial charge < -0.3 is 10.6 Å². The van der Waals surface area contributed by atoms with Crippen LogP contribution in [0.1, 0.15) is 25.7 Å². The largest absolute Gasteiger partial charge is 0.355 e. The molecule has 0 aromatic heterocycles. The van der Waals surface area contributed by atoms with E-state index < -0.39 is 0 Å². The first kappa shape index (κ1) is 16.6. The number of carbonyl (C=O) groups is 2. The molecule has 0 spiro atoms. The average Bonchev–Trinajstić information content (AvgIpc) is 2.44. The van der Waals surface area contributed by atoms with Crippen LogP contribution in [-0.2, 0) is 9.59 Å². The van der Waals surface area contributed by atoms with E-state index >= 15 is 0 Å². The Morgan fingerprint density at radius 2 is 1.85 bits per heavy atom. The van der Waals surface area contributed by atoms with Gasteiger partial charge in [-0.2, -0.15) is 12.6 Å². The minimum absolute atomic E-state index is 0.0395. The first-order chi connectivity index (χ1) is 9.63. The van der Waals surface area contributed by atoms with Gasteiger partial charge in [0, 0.05) is 18.7 Å². The van der Waals surface area contributed by atoms with Gasteiger partial charge in [-0.1, -0.05) is 30.1 Å². The van der Waals surface area contributed by atoms with Crippen LogP contribution < -0.4 is 16.1 Å². The maximum atomic E-state index is 11.7. The summed E-state index contributed by atoms with van der Waals surface area (Å²) in [7, 11) is 5.74. The van der Waals surface area contributed by atoms with Gasteiger partial charge in [-0.05, 0) is 18.9 Å². The molecule has 106 valence electrons. The average molecular weight is 290 g/mol. The van der Waals surface area contributed by atoms with E-state index in [1.165, 1.54) is 0 Å². The number of thiol groups is 1. The van der Waals surface area contributed by atoms with Crippen molar-refractivity contribution >= 4 is 43.4 Å². The number of carbonyl (C=O) groups excluding carboxylic acids is 2. The molecule has 0 bridgehead atoms. The molecule has 1 rings (SSSR count). The topological polar surface area (TPSA) is 58.2 Å². The van der Waals surface area contributed by atoms with Crippen molar-refractivity contribution < 1.29 is 9.59 Å². The summed E-state index contributed by atoms with van der Waals surface area (Å²) in [5.74, 6) is 0.105. The fraction of sp³-hybridized carbons (Fsp3) is 0.429. The Balaban J connectivity index is 2.12. The fourth-order valence-corrected chi connectivity index (χ4v) is 1.81. The molecule has 6 heteroatoms. The molecule has 0 aliphatic carbocycles. The lowest BCUT2D eigenvalue weighted by Gasteiger charge is -2.08. The van der Waals surface area contributed by atoms with Gasteiger partial charge in [0.25, 0.3) is 0 Å². The Bertz CT molecular complexity index is 455. The summed E-state index contributed by atoms with van der Waals surface area (Å²) in [5, 5.41) is 5.52. The number of unbranched alkanes of at least 4 members (excludes halogenated alkanes) is 2. The number of anilines is 1. The van der Waals surface area contributed by atoms with Crippen LogP contribution in [0.4, 0.5) is 5.69 Å². The lowest BCUT2D eigenvalue weighted by molar-refractivity contribution is -0.118. The van der Waals surface area contributed by atoms with E-state index in [9.17, 15) is 9.59 Å². The molecule has 0 saturated carbocycles. The van der Waals surface area contributed by atoms with Gasteiger partial charge in [-0.15, -0.1) is 0 Å². The third kappa shape index (κ3) is 6.66. The van der Waals surface area contributed by atoms with Crippen LogP contribution in [0.3, 0.4) is 0 Å². The first-order valence-electron chi connectivity index (χ1n) is 6.65. The summed E-state index contributed by atoms with van der Waals surface area (Å²) >= 11 is 3.87. The minimum atomic E-state index is -0.0642. The third-order valence-corrected chi connectivity index (χ3v) is 3.07. The van der Waals surface area contributed by atoms with Crippen LogP contribution >= 0.6 is 12.6 Å². The maximum absolute atomic E-state index is 11.7. The fourth-order valence-electron chi connectivity index (χ4n) is 1.69. The standard InChI is InChI=1S/C14H19BN2O2S/c15-11-6-3-4-7-12(11)17-13(18)8-2-1-5-9-16-14(19)10-20/h3-4,6-7,20H,1-2,5,8-10H2,(H,16,19)(H,17,18). The second kappa shape index (κ2) is 9.47. The number of nitrogens with one attached hydrogen (secondary N) is 2. The number of hydrogen-bond acceptors (Lipinski definition) is 3. The van der Waals surface area contributed by atoms with E-state index in [0.717, 1.165) is 19.3 Å². The molecule has 0 aliphatic heterocycles. The van der Waals surface area contributed by atoms with Crippen LogP contribution in [-0.4, -0.2) is 32.0 Å². The van der Waals surface area contributed by atoms with Crippen molar-refractivity contribution in [3.05, 3.63) is 24.3 Å². The molecule has 20 heavy (non-hydrogen) atoms. The normalized spacial score (nSPS) is 10.1. The summed E-state index contributed by atoms with van der Waals surface area (Å²) in [6.07, 6.45) is 3.00. The van der Waals surface area contributed by atoms with Gasteiger partial charge in [0.1, 0.15) is 7.85 Å². The van der Waals surface area contributed by atoms with Gasteiger partial charge in [0.2, 0.25) is 11.8 Å². The number of para-hydroxylation sites is 1. The molecular weight excluding hydrogens is 271 g/mol. The van der Waals surface area contributed by atoms with Crippen molar-refractivity contribution in [1.82, 2.24) is 5.32 Å². The molecule has 2 radical (unpaired) electrons. The van der Waals surface area contributed by atoms with E-state index in [4.69, 9.17) is 7.85 Å². The highest BCUT2D eigenvalue weighted by molar-refractivity contribution is 7.81. The van der Waals surface area contributed by atoms with Gasteiger partial charge in [-0.25, -0.2) is 0 Å². The predicted octanol–water partition coefficient (Wildman–Crippen LogP) is 1.03. The zero-order chi connectivity index (χ0) is 14.8. The second-order valence-electron chi connectivity index (χ2n) is 4.45. The summed E-state index contributed by atoms with van der Waals surface area (Å²) in [4.78, 5) is 22.6. The molecule has 1 aromatic rings. The molecule has 1 aromatic carbocycles. The Morgan fingerprint density at radius 1 is 1.10 bits per heavy atom. The van der Waals surface area contributed by atoms with Crippen molar-refractivity contribution in [3.63, 3.8) is 0 Å². The molecule has 0 heterocycles. The SMILES string of the molecule is [B]c1ccccc1NC(=O)CCCCCNC(=O)CS. The molecule has 0 unspecified atom stereocenters. The molecule has 2 amide bonds. The highest BCUT2D eigenvalue weighted by Crippen LogP contribution is 2.05. The van der Waals surface area contributed by atoms with Gasteiger partial charge >= 0.3 is 0 Å². The molecule has 0 aliphatic rings. The lowest BCUT2D eigenvalue weighted by atomic mass is 9.94. The van der Waals surface area contributed by atoms with Crippen LogP contribution in [0.5, 0.6) is 0 Å². The van der Waals surface area contributed by atoms with Crippen LogP contribution in [0.15, 0.2) is 24.3 Å². The van der Waals surface area contributed by atoms with Gasteiger partial charge in [-0.3, -0.25) is 9.59 Å². The maximum Gasteiger partial charge on any atom is 0.229 e. The van der Waals surface area contributed by atoms with Crippen LogP contribution in [0, 0.1) is 0 Å². The van der Waals surface area contributed by atoms with E-state index in [-0.39, 0.29) is 17.6 Å². The van der Waals surface area contributed by atoms with E-state index in [1.807, 2.05) is 12.1 Å². The smallest absolute Gasteiger partial charge is 0.229 e. The van der Waals surface area contributed by atoms with E-state index in [0.29, 0.717) is 24.1 Å². The van der Waals surface area contributed by atoms with Gasteiger partial charge in [0.15, 0.2) is 0 Å². The minimum Gasteiger partial charge on any atom is -0.355 e. The third-order valence-electron chi connectivity index (χ3n) is 2.78. The molecular formula is C14H19BN2O2S. The van der Waals surface area contributed by atoms with E-state index in [2.05, 4.69) is 23.3 Å². The highest BCUT2D eigenvalue weighted by atomic mass is 32.1. The van der Waals surface area contributed by atoms with Crippen molar-refractivity contribution in [1.29, 1.82) is 0 Å². The summed E-state index contributed by atoms with van der Waals surface area (Å²) in [6.45, 7) is 0.632. The number of amides is 2. The zero-order valence-electron chi connectivity index (χ0n) is 11.4. The quantitative estimate of drug-likeness (QED) is 0.380.